The van der Waals surface area contributed by atoms with Gasteiger partial charge in [-0.25, -0.2) is 0 Å². The van der Waals surface area contributed by atoms with Gasteiger partial charge in [-0.3, -0.25) is 0 Å². The van der Waals surface area contributed by atoms with Crippen molar-refractivity contribution >= 4 is 43.1 Å². The molecule has 0 spiro atoms. The summed E-state index contributed by atoms with van der Waals surface area (Å²) in [6.07, 6.45) is 18.5. The van der Waals surface area contributed by atoms with Gasteiger partial charge >= 0.3 is 0 Å². The molecule has 0 aliphatic carbocycles. The Labute approximate surface area is 230 Å². The zero-order valence-electron chi connectivity index (χ0n) is 23.8. The Bertz CT molecular complexity index is 1280. The molecule has 198 valence electrons. The van der Waals surface area contributed by atoms with Crippen LogP contribution < -0.4 is 0 Å². The van der Waals surface area contributed by atoms with Crippen LogP contribution in [0.2, 0.25) is 0 Å². The second-order valence-electron chi connectivity index (χ2n) is 11.5. The molecule has 0 nitrogen and oxygen atoms in total. The second-order valence-corrected chi connectivity index (χ2v) is 11.5. The molecule has 5 aromatic rings. The van der Waals surface area contributed by atoms with Gasteiger partial charge in [-0.2, -0.15) is 0 Å². The van der Waals surface area contributed by atoms with Crippen LogP contribution in [-0.4, -0.2) is 0 Å². The van der Waals surface area contributed by atoms with E-state index >= 15 is 0 Å². The highest BCUT2D eigenvalue weighted by Crippen LogP contribution is 2.39. The minimum Gasteiger partial charge on any atom is -0.0654 e. The summed E-state index contributed by atoms with van der Waals surface area (Å²) in [7, 11) is 0. The monoisotopic (exact) mass is 502 g/mol. The number of unbranched alkanes of at least 4 members (excludes halogenated alkanes) is 10. The molecule has 5 aromatic carbocycles. The van der Waals surface area contributed by atoms with Crippen LogP contribution in [0.1, 0.15) is 102 Å². The first-order valence-electron chi connectivity index (χ1n) is 15.6. The fraction of sp³-hybridized carbons (Fsp3) is 0.421. The zero-order valence-corrected chi connectivity index (χ0v) is 23.8. The highest BCUT2D eigenvalue weighted by Gasteiger charge is 2.16. The van der Waals surface area contributed by atoms with Gasteiger partial charge in [-0.1, -0.05) is 127 Å². The molecule has 0 aliphatic heterocycles. The number of benzene rings is 5. The first-order chi connectivity index (χ1) is 18.8. The molecular weight excluding hydrogens is 456 g/mol. The molecule has 0 amide bonds. The normalized spacial score (nSPS) is 11.8. The SMILES string of the molecule is CCCCCCCCc1c2cc3ccccc3cc2c(CCCCCCCC)c2cc3ccccc3cc12. The van der Waals surface area contributed by atoms with Gasteiger partial charge in [-0.05, 0) is 104 Å². The maximum Gasteiger partial charge on any atom is -0.0136 e. The van der Waals surface area contributed by atoms with Crippen LogP contribution in [0.4, 0.5) is 0 Å². The number of hydrogen-bond donors (Lipinski definition) is 0. The summed E-state index contributed by atoms with van der Waals surface area (Å²) in [5.41, 5.74) is 3.15. The molecule has 0 atom stereocenters. The Kier molecular flexibility index (Phi) is 9.34. The van der Waals surface area contributed by atoms with E-state index in [1.807, 2.05) is 0 Å². The van der Waals surface area contributed by atoms with Crippen molar-refractivity contribution in [3.63, 3.8) is 0 Å². The first-order valence-corrected chi connectivity index (χ1v) is 15.6. The number of aryl methyl sites for hydroxylation is 2. The number of fused-ring (bicyclic) bond motifs is 4. The van der Waals surface area contributed by atoms with Crippen molar-refractivity contribution in [2.75, 3.05) is 0 Å². The van der Waals surface area contributed by atoms with Gasteiger partial charge in [-0.15, -0.1) is 0 Å². The summed E-state index contributed by atoms with van der Waals surface area (Å²) in [5, 5.41) is 11.5. The van der Waals surface area contributed by atoms with Crippen LogP contribution in [0, 0.1) is 0 Å². The van der Waals surface area contributed by atoms with Gasteiger partial charge in [0, 0.05) is 0 Å². The molecule has 0 radical (unpaired) electrons. The molecule has 0 saturated carbocycles. The molecule has 0 N–H and O–H groups in total. The smallest absolute Gasteiger partial charge is 0.0136 e. The highest BCUT2D eigenvalue weighted by molar-refractivity contribution is 6.13. The average molecular weight is 503 g/mol. The lowest BCUT2D eigenvalue weighted by Gasteiger charge is -2.19. The molecular formula is C38H46. The quantitative estimate of drug-likeness (QED) is 0.105. The lowest BCUT2D eigenvalue weighted by molar-refractivity contribution is 0.608. The Morgan fingerprint density at radius 1 is 0.368 bits per heavy atom. The molecule has 0 heterocycles. The fourth-order valence-corrected chi connectivity index (χ4v) is 6.47. The van der Waals surface area contributed by atoms with E-state index in [1.54, 1.807) is 11.1 Å². The number of hydrogen-bond acceptors (Lipinski definition) is 0. The van der Waals surface area contributed by atoms with Crippen LogP contribution in [0.15, 0.2) is 72.8 Å². The topological polar surface area (TPSA) is 0 Å². The first kappa shape index (κ1) is 26.7. The van der Waals surface area contributed by atoms with Gasteiger partial charge in [0.1, 0.15) is 0 Å². The van der Waals surface area contributed by atoms with Crippen LogP contribution in [0.3, 0.4) is 0 Å². The third kappa shape index (κ3) is 6.06. The van der Waals surface area contributed by atoms with Crippen molar-refractivity contribution in [2.45, 2.75) is 104 Å². The van der Waals surface area contributed by atoms with Gasteiger partial charge in [0.25, 0.3) is 0 Å². The van der Waals surface area contributed by atoms with E-state index in [2.05, 4.69) is 86.6 Å². The molecule has 0 saturated heterocycles. The molecule has 0 unspecified atom stereocenters. The van der Waals surface area contributed by atoms with Crippen molar-refractivity contribution in [3.8, 4) is 0 Å². The minimum absolute atomic E-state index is 1.17. The Morgan fingerprint density at radius 2 is 0.658 bits per heavy atom. The van der Waals surface area contributed by atoms with Crippen LogP contribution in [-0.2, 0) is 12.8 Å². The van der Waals surface area contributed by atoms with E-state index < -0.39 is 0 Å². The van der Waals surface area contributed by atoms with Crippen LogP contribution in [0.5, 0.6) is 0 Å². The number of rotatable bonds is 14. The van der Waals surface area contributed by atoms with Crippen LogP contribution in [0.25, 0.3) is 43.1 Å². The molecule has 5 rings (SSSR count). The lowest BCUT2D eigenvalue weighted by atomic mass is 9.85. The van der Waals surface area contributed by atoms with Gasteiger partial charge < -0.3 is 0 Å². The van der Waals surface area contributed by atoms with Crippen molar-refractivity contribution in [1.82, 2.24) is 0 Å². The maximum atomic E-state index is 2.51. The summed E-state index contributed by atoms with van der Waals surface area (Å²) >= 11 is 0. The molecule has 0 fully saturated rings. The summed E-state index contributed by atoms with van der Waals surface area (Å²) < 4.78 is 0. The molecule has 38 heavy (non-hydrogen) atoms. The van der Waals surface area contributed by atoms with Crippen molar-refractivity contribution in [1.29, 1.82) is 0 Å². The van der Waals surface area contributed by atoms with E-state index in [4.69, 9.17) is 0 Å². The maximum absolute atomic E-state index is 2.51. The van der Waals surface area contributed by atoms with E-state index in [0.29, 0.717) is 0 Å². The second kappa shape index (κ2) is 13.3. The van der Waals surface area contributed by atoms with Gasteiger partial charge in [0.2, 0.25) is 0 Å². The Balaban J connectivity index is 1.62. The average Bonchev–Trinajstić information content (AvgIpc) is 2.95. The van der Waals surface area contributed by atoms with E-state index in [9.17, 15) is 0 Å². The third-order valence-electron chi connectivity index (χ3n) is 8.63. The minimum atomic E-state index is 1.17. The molecule has 0 bridgehead atoms. The fourth-order valence-electron chi connectivity index (χ4n) is 6.47. The van der Waals surface area contributed by atoms with Crippen molar-refractivity contribution in [3.05, 3.63) is 83.9 Å². The zero-order chi connectivity index (χ0) is 26.2. The largest absolute Gasteiger partial charge is 0.0654 e. The van der Waals surface area contributed by atoms with Gasteiger partial charge in [0.15, 0.2) is 0 Å². The molecule has 0 aromatic heterocycles. The summed E-state index contributed by atoms with van der Waals surface area (Å²) in [4.78, 5) is 0. The highest BCUT2D eigenvalue weighted by atomic mass is 14.2. The lowest BCUT2D eigenvalue weighted by Crippen LogP contribution is -1.98. The third-order valence-corrected chi connectivity index (χ3v) is 8.63. The van der Waals surface area contributed by atoms with E-state index in [1.165, 1.54) is 133 Å². The summed E-state index contributed by atoms with van der Waals surface area (Å²) in [5.74, 6) is 0. The predicted octanol–water partition coefficient (Wildman–Crippen LogP) is 12.1. The Hall–Kier alpha value is -2.86. The summed E-state index contributed by atoms with van der Waals surface area (Å²) in [6.45, 7) is 4.61. The van der Waals surface area contributed by atoms with Crippen LogP contribution >= 0.6 is 0 Å². The van der Waals surface area contributed by atoms with E-state index in [0.717, 1.165) is 0 Å². The summed E-state index contributed by atoms with van der Waals surface area (Å²) in [6, 6.07) is 28.0. The van der Waals surface area contributed by atoms with E-state index in [-0.39, 0.29) is 0 Å². The van der Waals surface area contributed by atoms with Crippen molar-refractivity contribution < 1.29 is 0 Å². The Morgan fingerprint density at radius 3 is 0.974 bits per heavy atom. The standard InChI is InChI=1S/C38H46/c1-3-5-7-9-11-13-23-33-35-25-29-19-15-17-21-31(29)27-37(35)34(24-14-12-10-8-6-4-2)38-28-32-22-18-16-20-30(32)26-36(33)38/h15-22,25-28H,3-14,23-24H2,1-2H3. The molecule has 0 heteroatoms. The predicted molar refractivity (Wildman–Crippen MR) is 171 cm³/mol. The molecule has 0 aliphatic rings. The van der Waals surface area contributed by atoms with Crippen molar-refractivity contribution in [2.24, 2.45) is 0 Å². The van der Waals surface area contributed by atoms with Gasteiger partial charge in [0.05, 0.1) is 0 Å².